The van der Waals surface area contributed by atoms with Gasteiger partial charge in [-0.1, -0.05) is 0 Å². The molecule has 0 atom stereocenters. The molecule has 0 fully saturated rings. The number of hydrogen-bond acceptors (Lipinski definition) is 6. The molecule has 0 unspecified atom stereocenters. The number of anilines is 2. The van der Waals surface area contributed by atoms with Crippen molar-refractivity contribution in [2.75, 3.05) is 10.0 Å². The lowest BCUT2D eigenvalue weighted by atomic mass is 10.2. The Morgan fingerprint density at radius 1 is 0.882 bits per heavy atom. The summed E-state index contributed by atoms with van der Waals surface area (Å²) in [6, 6.07) is 5.67. The van der Waals surface area contributed by atoms with Gasteiger partial charge in [-0.15, -0.1) is 0 Å². The van der Waals surface area contributed by atoms with E-state index in [0.29, 0.717) is 0 Å². The maximum absolute atomic E-state index is 5.78. The van der Waals surface area contributed by atoms with Crippen LogP contribution in [-0.4, -0.2) is 0 Å². The summed E-state index contributed by atoms with van der Waals surface area (Å²) in [5, 5.41) is 2.83. The molecule has 0 radical (unpaired) electrons. The molecule has 0 aromatic heterocycles. The number of nitrogens with zero attached hydrogens (tertiary/aromatic N) is 2. The fraction of sp³-hybridized carbons (Fsp3) is 0.0909. The first-order valence-corrected chi connectivity index (χ1v) is 5.05. The molecular formula is C11H18N6. The van der Waals surface area contributed by atoms with Crippen molar-refractivity contribution in [3.63, 3.8) is 0 Å². The van der Waals surface area contributed by atoms with Gasteiger partial charge >= 0.3 is 0 Å². The van der Waals surface area contributed by atoms with E-state index < -0.39 is 0 Å². The topological polar surface area (TPSA) is 111 Å². The standard InChI is InChI=1S/C11H18N6/c1-9-6-10(16(14)4-2-12)8-11(7-9)17(15)5-3-13/h2-8H,12-15H2,1H3/b4-2-,5-3-. The molecule has 0 aliphatic heterocycles. The maximum Gasteiger partial charge on any atom is 0.0592 e. The molecule has 6 nitrogen and oxygen atoms in total. The molecule has 1 aromatic rings. The summed E-state index contributed by atoms with van der Waals surface area (Å²) in [4.78, 5) is 0. The Hall–Kier alpha value is -2.18. The molecule has 17 heavy (non-hydrogen) atoms. The predicted octanol–water partition coefficient (Wildman–Crippen LogP) is 0.215. The predicted molar refractivity (Wildman–Crippen MR) is 71.2 cm³/mol. The van der Waals surface area contributed by atoms with E-state index in [1.807, 2.05) is 25.1 Å². The molecule has 0 saturated heterocycles. The summed E-state index contributed by atoms with van der Waals surface area (Å²) in [6.07, 6.45) is 5.83. The van der Waals surface area contributed by atoms with E-state index in [2.05, 4.69) is 0 Å². The molecule has 0 aliphatic rings. The van der Waals surface area contributed by atoms with E-state index in [9.17, 15) is 0 Å². The molecule has 1 rings (SSSR count). The summed E-state index contributed by atoms with van der Waals surface area (Å²) in [5.74, 6) is 11.6. The Balaban J connectivity index is 3.09. The quantitative estimate of drug-likeness (QED) is 0.438. The van der Waals surface area contributed by atoms with Gasteiger partial charge in [-0.2, -0.15) is 0 Å². The van der Waals surface area contributed by atoms with Crippen molar-refractivity contribution in [2.24, 2.45) is 23.2 Å². The third-order valence-electron chi connectivity index (χ3n) is 2.14. The van der Waals surface area contributed by atoms with Crippen LogP contribution >= 0.6 is 0 Å². The number of nitrogens with two attached hydrogens (primary N) is 4. The highest BCUT2D eigenvalue weighted by Crippen LogP contribution is 2.22. The average molecular weight is 234 g/mol. The number of aryl methyl sites for hydroxylation is 1. The van der Waals surface area contributed by atoms with E-state index in [4.69, 9.17) is 23.2 Å². The Morgan fingerprint density at radius 2 is 1.29 bits per heavy atom. The van der Waals surface area contributed by atoms with Crippen LogP contribution < -0.4 is 33.2 Å². The smallest absolute Gasteiger partial charge is 0.0592 e. The second-order valence-electron chi connectivity index (χ2n) is 3.52. The minimum atomic E-state index is 0.780. The number of hydrogen-bond donors (Lipinski definition) is 4. The minimum Gasteiger partial charge on any atom is -0.403 e. The third-order valence-corrected chi connectivity index (χ3v) is 2.14. The van der Waals surface area contributed by atoms with Gasteiger partial charge in [-0.3, -0.25) is 10.0 Å². The van der Waals surface area contributed by atoms with Crippen molar-refractivity contribution in [3.05, 3.63) is 48.6 Å². The van der Waals surface area contributed by atoms with Gasteiger partial charge in [-0.25, -0.2) is 11.7 Å². The van der Waals surface area contributed by atoms with Gasteiger partial charge in [0.05, 0.1) is 11.4 Å². The van der Waals surface area contributed by atoms with Crippen molar-refractivity contribution < 1.29 is 0 Å². The summed E-state index contributed by atoms with van der Waals surface area (Å²) in [7, 11) is 0. The van der Waals surface area contributed by atoms with E-state index in [1.165, 1.54) is 22.4 Å². The molecule has 0 amide bonds. The fourth-order valence-electron chi connectivity index (χ4n) is 1.40. The first-order valence-electron chi connectivity index (χ1n) is 5.05. The Morgan fingerprint density at radius 3 is 1.65 bits per heavy atom. The van der Waals surface area contributed by atoms with Gasteiger partial charge in [-0.05, 0) is 30.7 Å². The molecule has 6 heteroatoms. The first kappa shape index (κ1) is 12.9. The first-order chi connectivity index (χ1) is 8.08. The average Bonchev–Trinajstić information content (AvgIpc) is 2.29. The SMILES string of the molecule is Cc1cc(N(N)/C=C\N)cc(N(N)/C=C\N)c1. The fourth-order valence-corrected chi connectivity index (χ4v) is 1.40. The third kappa shape index (κ3) is 3.40. The van der Waals surface area contributed by atoms with Crippen molar-refractivity contribution in [3.8, 4) is 0 Å². The highest BCUT2D eigenvalue weighted by molar-refractivity contribution is 5.62. The molecule has 8 N–H and O–H groups in total. The normalized spacial score (nSPS) is 11.2. The van der Waals surface area contributed by atoms with Crippen LogP contribution in [0.3, 0.4) is 0 Å². The van der Waals surface area contributed by atoms with E-state index in [-0.39, 0.29) is 0 Å². The molecule has 0 aliphatic carbocycles. The Bertz CT molecular complexity index is 390. The van der Waals surface area contributed by atoms with Crippen LogP contribution in [0.5, 0.6) is 0 Å². The van der Waals surface area contributed by atoms with Gasteiger partial charge in [0.2, 0.25) is 0 Å². The van der Waals surface area contributed by atoms with E-state index in [1.54, 1.807) is 12.4 Å². The summed E-state index contributed by atoms with van der Waals surface area (Å²) < 4.78 is 0. The summed E-state index contributed by atoms with van der Waals surface area (Å²) >= 11 is 0. The van der Waals surface area contributed by atoms with Crippen LogP contribution in [0, 0.1) is 6.92 Å². The zero-order valence-corrected chi connectivity index (χ0v) is 9.75. The van der Waals surface area contributed by atoms with Crippen molar-refractivity contribution in [2.45, 2.75) is 6.92 Å². The Labute approximate surface area is 101 Å². The van der Waals surface area contributed by atoms with Crippen LogP contribution in [0.2, 0.25) is 0 Å². The van der Waals surface area contributed by atoms with Gasteiger partial charge in [0.1, 0.15) is 0 Å². The second-order valence-corrected chi connectivity index (χ2v) is 3.52. The molecule has 0 saturated carbocycles. The highest BCUT2D eigenvalue weighted by Gasteiger charge is 2.04. The van der Waals surface area contributed by atoms with E-state index >= 15 is 0 Å². The highest BCUT2D eigenvalue weighted by atomic mass is 15.4. The van der Waals surface area contributed by atoms with Crippen molar-refractivity contribution in [1.82, 2.24) is 0 Å². The lowest BCUT2D eigenvalue weighted by molar-refractivity contribution is 1.04. The van der Waals surface area contributed by atoms with Crippen LogP contribution in [0.4, 0.5) is 11.4 Å². The lowest BCUT2D eigenvalue weighted by Gasteiger charge is -2.19. The minimum absolute atomic E-state index is 0.780. The second kappa shape index (κ2) is 5.78. The number of rotatable bonds is 4. The number of hydrazine groups is 2. The van der Waals surface area contributed by atoms with Gasteiger partial charge < -0.3 is 11.5 Å². The molecule has 0 spiro atoms. The van der Waals surface area contributed by atoms with Crippen molar-refractivity contribution >= 4 is 11.4 Å². The van der Waals surface area contributed by atoms with Crippen molar-refractivity contribution in [1.29, 1.82) is 0 Å². The van der Waals surface area contributed by atoms with Crippen LogP contribution in [-0.2, 0) is 0 Å². The van der Waals surface area contributed by atoms with Gasteiger partial charge in [0.25, 0.3) is 0 Å². The zero-order chi connectivity index (χ0) is 12.8. The Kier molecular flexibility index (Phi) is 4.38. The summed E-state index contributed by atoms with van der Waals surface area (Å²) in [5.41, 5.74) is 13.2. The van der Waals surface area contributed by atoms with Gasteiger partial charge in [0, 0.05) is 24.8 Å². The lowest BCUT2D eigenvalue weighted by Crippen LogP contribution is -2.27. The van der Waals surface area contributed by atoms with Crippen LogP contribution in [0.15, 0.2) is 43.0 Å². The monoisotopic (exact) mass is 234 g/mol. The number of benzene rings is 1. The van der Waals surface area contributed by atoms with Crippen LogP contribution in [0.25, 0.3) is 0 Å². The molecule has 0 bridgehead atoms. The largest absolute Gasteiger partial charge is 0.403 e. The summed E-state index contributed by atoms with van der Waals surface area (Å²) in [6.45, 7) is 1.95. The molecular weight excluding hydrogens is 216 g/mol. The zero-order valence-electron chi connectivity index (χ0n) is 9.75. The molecule has 0 heterocycles. The maximum atomic E-state index is 5.78. The van der Waals surface area contributed by atoms with E-state index in [0.717, 1.165) is 16.9 Å². The van der Waals surface area contributed by atoms with Gasteiger partial charge in [0.15, 0.2) is 0 Å². The molecule has 92 valence electrons. The molecule has 1 aromatic carbocycles. The van der Waals surface area contributed by atoms with Crippen LogP contribution in [0.1, 0.15) is 5.56 Å².